The molecule has 1 aromatic carbocycles. The van der Waals surface area contributed by atoms with Crippen LogP contribution in [0.4, 0.5) is 14.5 Å². The number of halogens is 2. The van der Waals surface area contributed by atoms with E-state index in [1.807, 2.05) is 0 Å². The standard InChI is InChI=1S/C11H12F2N2O/c12-8-2-1-3-9(11(8)13)15-6-7(5-14)4-10(15)16/h1-3,7H,4-6,14H2. The topological polar surface area (TPSA) is 46.3 Å². The lowest BCUT2D eigenvalue weighted by molar-refractivity contribution is -0.117. The predicted octanol–water partition coefficient (Wildman–Crippen LogP) is 1.28. The molecule has 1 saturated heterocycles. The summed E-state index contributed by atoms with van der Waals surface area (Å²) < 4.78 is 26.5. The highest BCUT2D eigenvalue weighted by Gasteiger charge is 2.31. The number of carbonyl (C=O) groups is 1. The molecular weight excluding hydrogens is 214 g/mol. The molecule has 2 N–H and O–H groups in total. The lowest BCUT2D eigenvalue weighted by Gasteiger charge is -2.17. The monoisotopic (exact) mass is 226 g/mol. The first-order chi connectivity index (χ1) is 7.63. The number of hydrogen-bond donors (Lipinski definition) is 1. The van der Waals surface area contributed by atoms with Crippen LogP contribution in [0.1, 0.15) is 6.42 Å². The molecule has 0 aliphatic carbocycles. The van der Waals surface area contributed by atoms with Crippen LogP contribution >= 0.6 is 0 Å². The smallest absolute Gasteiger partial charge is 0.227 e. The summed E-state index contributed by atoms with van der Waals surface area (Å²) in [5.74, 6) is -2.11. The molecule has 3 nitrogen and oxygen atoms in total. The Kier molecular flexibility index (Phi) is 2.87. The summed E-state index contributed by atoms with van der Waals surface area (Å²) in [7, 11) is 0. The van der Waals surface area contributed by atoms with Gasteiger partial charge in [-0.1, -0.05) is 6.07 Å². The quantitative estimate of drug-likeness (QED) is 0.825. The van der Waals surface area contributed by atoms with Crippen molar-refractivity contribution in [2.75, 3.05) is 18.0 Å². The van der Waals surface area contributed by atoms with Gasteiger partial charge in [0.1, 0.15) is 0 Å². The molecule has 1 fully saturated rings. The molecule has 1 aromatic rings. The third-order valence-electron chi connectivity index (χ3n) is 2.76. The minimum Gasteiger partial charge on any atom is -0.330 e. The van der Waals surface area contributed by atoms with E-state index in [2.05, 4.69) is 0 Å². The molecule has 1 aliphatic rings. The maximum atomic E-state index is 13.5. The summed E-state index contributed by atoms with van der Waals surface area (Å²) in [5.41, 5.74) is 5.46. The van der Waals surface area contributed by atoms with Crippen LogP contribution < -0.4 is 10.6 Å². The van der Waals surface area contributed by atoms with E-state index < -0.39 is 11.6 Å². The summed E-state index contributed by atoms with van der Waals surface area (Å²) in [5, 5.41) is 0. The second kappa shape index (κ2) is 4.17. The second-order valence-electron chi connectivity index (χ2n) is 3.88. The zero-order valence-electron chi connectivity index (χ0n) is 8.62. The zero-order valence-corrected chi connectivity index (χ0v) is 8.62. The first-order valence-electron chi connectivity index (χ1n) is 5.08. The van der Waals surface area contributed by atoms with Crippen molar-refractivity contribution in [1.82, 2.24) is 0 Å². The molecule has 1 heterocycles. The second-order valence-corrected chi connectivity index (χ2v) is 3.88. The molecule has 2 rings (SSSR count). The van der Waals surface area contributed by atoms with Crippen molar-refractivity contribution < 1.29 is 13.6 Å². The number of anilines is 1. The van der Waals surface area contributed by atoms with Crippen LogP contribution in [0.2, 0.25) is 0 Å². The van der Waals surface area contributed by atoms with Gasteiger partial charge < -0.3 is 10.6 Å². The summed E-state index contributed by atoms with van der Waals surface area (Å²) in [6.45, 7) is 0.731. The molecule has 1 unspecified atom stereocenters. The molecule has 0 aromatic heterocycles. The highest BCUT2D eigenvalue weighted by atomic mass is 19.2. The van der Waals surface area contributed by atoms with Gasteiger partial charge in [-0.3, -0.25) is 4.79 Å². The van der Waals surface area contributed by atoms with E-state index in [1.54, 1.807) is 0 Å². The molecule has 0 spiro atoms. The van der Waals surface area contributed by atoms with E-state index in [9.17, 15) is 13.6 Å². The van der Waals surface area contributed by atoms with E-state index in [-0.39, 0.29) is 17.5 Å². The molecule has 1 atom stereocenters. The van der Waals surface area contributed by atoms with Crippen LogP contribution in [-0.4, -0.2) is 19.0 Å². The fourth-order valence-electron chi connectivity index (χ4n) is 1.87. The number of nitrogens with zero attached hydrogens (tertiary/aromatic N) is 1. The molecular formula is C11H12F2N2O. The van der Waals surface area contributed by atoms with Crippen molar-refractivity contribution in [3.63, 3.8) is 0 Å². The maximum absolute atomic E-state index is 13.5. The van der Waals surface area contributed by atoms with Gasteiger partial charge in [0, 0.05) is 13.0 Å². The highest BCUT2D eigenvalue weighted by molar-refractivity contribution is 5.95. The van der Waals surface area contributed by atoms with Crippen LogP contribution in [0, 0.1) is 17.6 Å². The Bertz CT molecular complexity index is 422. The molecule has 1 amide bonds. The Morgan fingerprint density at radius 2 is 2.19 bits per heavy atom. The van der Waals surface area contributed by atoms with E-state index >= 15 is 0 Å². The molecule has 1 aliphatic heterocycles. The number of amides is 1. The zero-order chi connectivity index (χ0) is 11.7. The van der Waals surface area contributed by atoms with Crippen molar-refractivity contribution in [3.05, 3.63) is 29.8 Å². The number of rotatable bonds is 2. The first-order valence-corrected chi connectivity index (χ1v) is 5.08. The normalized spacial score (nSPS) is 20.6. The summed E-state index contributed by atoms with van der Waals surface area (Å²) in [4.78, 5) is 12.8. The molecule has 0 saturated carbocycles. The Morgan fingerprint density at radius 3 is 2.81 bits per heavy atom. The van der Waals surface area contributed by atoms with Crippen molar-refractivity contribution >= 4 is 11.6 Å². The fraction of sp³-hybridized carbons (Fsp3) is 0.364. The number of hydrogen-bond acceptors (Lipinski definition) is 2. The van der Waals surface area contributed by atoms with E-state index in [1.165, 1.54) is 17.0 Å². The van der Waals surface area contributed by atoms with Crippen molar-refractivity contribution in [2.24, 2.45) is 11.7 Å². The lowest BCUT2D eigenvalue weighted by atomic mass is 10.1. The summed E-state index contributed by atoms with van der Waals surface area (Å²) >= 11 is 0. The van der Waals surface area contributed by atoms with E-state index in [4.69, 9.17) is 5.73 Å². The fourth-order valence-corrected chi connectivity index (χ4v) is 1.87. The molecule has 0 bridgehead atoms. The SMILES string of the molecule is NCC1CC(=O)N(c2cccc(F)c2F)C1. The van der Waals surface area contributed by atoms with Crippen molar-refractivity contribution in [2.45, 2.75) is 6.42 Å². The summed E-state index contributed by atoms with van der Waals surface area (Å²) in [6.07, 6.45) is 0.298. The van der Waals surface area contributed by atoms with E-state index in [0.29, 0.717) is 19.5 Å². The molecule has 86 valence electrons. The predicted molar refractivity (Wildman–Crippen MR) is 55.9 cm³/mol. The Balaban J connectivity index is 2.31. The van der Waals surface area contributed by atoms with Gasteiger partial charge in [-0.25, -0.2) is 8.78 Å². The molecule has 0 radical (unpaired) electrons. The molecule has 16 heavy (non-hydrogen) atoms. The third kappa shape index (κ3) is 1.78. The van der Waals surface area contributed by atoms with Crippen LogP contribution in [0.5, 0.6) is 0 Å². The first kappa shape index (κ1) is 11.0. The highest BCUT2D eigenvalue weighted by Crippen LogP contribution is 2.27. The average molecular weight is 226 g/mol. The van der Waals surface area contributed by atoms with E-state index in [0.717, 1.165) is 6.07 Å². The maximum Gasteiger partial charge on any atom is 0.227 e. The van der Waals surface area contributed by atoms with Gasteiger partial charge in [0.15, 0.2) is 11.6 Å². The summed E-state index contributed by atoms with van der Waals surface area (Å²) in [6, 6.07) is 3.81. The van der Waals surface area contributed by atoms with Gasteiger partial charge in [0.05, 0.1) is 5.69 Å². The number of benzene rings is 1. The van der Waals surface area contributed by atoms with Crippen LogP contribution in [0.3, 0.4) is 0 Å². The Hall–Kier alpha value is -1.49. The largest absolute Gasteiger partial charge is 0.330 e. The number of nitrogens with two attached hydrogens (primary N) is 1. The Labute approximate surface area is 91.8 Å². The van der Waals surface area contributed by atoms with Gasteiger partial charge in [-0.2, -0.15) is 0 Å². The van der Waals surface area contributed by atoms with Gasteiger partial charge in [-0.05, 0) is 24.6 Å². The lowest BCUT2D eigenvalue weighted by Crippen LogP contribution is -2.26. The van der Waals surface area contributed by atoms with Crippen LogP contribution in [0.15, 0.2) is 18.2 Å². The van der Waals surface area contributed by atoms with Crippen LogP contribution in [-0.2, 0) is 4.79 Å². The third-order valence-corrected chi connectivity index (χ3v) is 2.76. The van der Waals surface area contributed by atoms with Crippen molar-refractivity contribution in [1.29, 1.82) is 0 Å². The minimum atomic E-state index is -0.978. The Morgan fingerprint density at radius 1 is 1.44 bits per heavy atom. The number of carbonyl (C=O) groups excluding carboxylic acids is 1. The average Bonchev–Trinajstić information content (AvgIpc) is 2.64. The minimum absolute atomic E-state index is 0.000880. The van der Waals surface area contributed by atoms with Crippen LogP contribution in [0.25, 0.3) is 0 Å². The van der Waals surface area contributed by atoms with Gasteiger partial charge in [-0.15, -0.1) is 0 Å². The van der Waals surface area contributed by atoms with Gasteiger partial charge in [0.2, 0.25) is 5.91 Å². The molecule has 5 heteroatoms. The van der Waals surface area contributed by atoms with Gasteiger partial charge >= 0.3 is 0 Å². The van der Waals surface area contributed by atoms with Gasteiger partial charge in [0.25, 0.3) is 0 Å². The van der Waals surface area contributed by atoms with Crippen molar-refractivity contribution in [3.8, 4) is 0 Å².